The second-order valence-corrected chi connectivity index (χ2v) is 5.24. The van der Waals surface area contributed by atoms with Crippen molar-refractivity contribution >= 4 is 0 Å². The van der Waals surface area contributed by atoms with E-state index in [0.29, 0.717) is 12.5 Å². The van der Waals surface area contributed by atoms with Crippen molar-refractivity contribution in [2.24, 2.45) is 5.92 Å². The first-order chi connectivity index (χ1) is 8.58. The van der Waals surface area contributed by atoms with Crippen molar-refractivity contribution in [2.45, 2.75) is 27.2 Å². The zero-order valence-electron chi connectivity index (χ0n) is 11.8. The van der Waals surface area contributed by atoms with Gasteiger partial charge in [0.1, 0.15) is 12.4 Å². The largest absolute Gasteiger partial charge is 0.489 e. The molecule has 0 saturated carbocycles. The van der Waals surface area contributed by atoms with Gasteiger partial charge in [0.05, 0.1) is 0 Å². The summed E-state index contributed by atoms with van der Waals surface area (Å²) in [5, 5.41) is 3.45. The molecular formula is C16H25NO. The summed E-state index contributed by atoms with van der Waals surface area (Å²) in [7, 11) is 0. The lowest BCUT2D eigenvalue weighted by molar-refractivity contribution is 0.352. The molecule has 0 unspecified atom stereocenters. The second-order valence-electron chi connectivity index (χ2n) is 5.24. The van der Waals surface area contributed by atoms with Gasteiger partial charge in [0.2, 0.25) is 0 Å². The molecule has 0 aliphatic carbocycles. The van der Waals surface area contributed by atoms with Gasteiger partial charge < -0.3 is 10.1 Å². The van der Waals surface area contributed by atoms with Crippen LogP contribution in [0.4, 0.5) is 0 Å². The summed E-state index contributed by atoms with van der Waals surface area (Å²) in [6.45, 7) is 12.9. The fraction of sp³-hybridized carbons (Fsp3) is 0.500. The molecule has 0 spiro atoms. The van der Waals surface area contributed by atoms with Crippen LogP contribution in [0.15, 0.2) is 36.4 Å². The molecule has 0 aromatic heterocycles. The van der Waals surface area contributed by atoms with Crippen LogP contribution >= 0.6 is 0 Å². The minimum Gasteiger partial charge on any atom is -0.489 e. The molecular weight excluding hydrogens is 222 g/mol. The smallest absolute Gasteiger partial charge is 0.119 e. The lowest BCUT2D eigenvalue weighted by Crippen LogP contribution is -2.22. The molecule has 0 atom stereocenters. The summed E-state index contributed by atoms with van der Waals surface area (Å²) in [6, 6.07) is 8.32. The molecule has 1 rings (SSSR count). The third-order valence-electron chi connectivity index (χ3n) is 2.55. The topological polar surface area (TPSA) is 21.3 Å². The Bertz CT molecular complexity index is 354. The predicted octanol–water partition coefficient (Wildman–Crippen LogP) is 3.43. The third kappa shape index (κ3) is 6.45. The van der Waals surface area contributed by atoms with E-state index in [9.17, 15) is 0 Å². The molecule has 0 radical (unpaired) electrons. The van der Waals surface area contributed by atoms with Crippen LogP contribution in [0, 0.1) is 5.92 Å². The Kier molecular flexibility index (Phi) is 6.51. The minimum atomic E-state index is 0.593. The minimum absolute atomic E-state index is 0.593. The van der Waals surface area contributed by atoms with Crippen molar-refractivity contribution in [3.63, 3.8) is 0 Å². The maximum absolute atomic E-state index is 5.56. The maximum atomic E-state index is 5.56. The van der Waals surface area contributed by atoms with E-state index < -0.39 is 0 Å². The molecule has 2 heteroatoms. The molecule has 100 valence electrons. The monoisotopic (exact) mass is 247 g/mol. The molecule has 1 aromatic rings. The van der Waals surface area contributed by atoms with Crippen LogP contribution in [-0.2, 0) is 6.42 Å². The zero-order chi connectivity index (χ0) is 13.4. The molecule has 0 saturated heterocycles. The van der Waals surface area contributed by atoms with E-state index in [-0.39, 0.29) is 0 Å². The molecule has 1 aromatic carbocycles. The van der Waals surface area contributed by atoms with Gasteiger partial charge in [-0.15, -0.1) is 0 Å². The first kappa shape index (κ1) is 14.8. The van der Waals surface area contributed by atoms with E-state index >= 15 is 0 Å². The highest BCUT2D eigenvalue weighted by atomic mass is 16.5. The van der Waals surface area contributed by atoms with Crippen molar-refractivity contribution in [1.29, 1.82) is 0 Å². The Labute approximate surface area is 111 Å². The summed E-state index contributed by atoms with van der Waals surface area (Å²) in [5.41, 5.74) is 2.38. The Morgan fingerprint density at radius 1 is 1.28 bits per heavy atom. The van der Waals surface area contributed by atoms with Crippen LogP contribution in [0.1, 0.15) is 26.3 Å². The molecule has 2 nitrogen and oxygen atoms in total. The van der Waals surface area contributed by atoms with Crippen LogP contribution in [-0.4, -0.2) is 19.7 Å². The number of hydrogen-bond donors (Lipinski definition) is 1. The summed E-state index contributed by atoms with van der Waals surface area (Å²) >= 11 is 0. The van der Waals surface area contributed by atoms with E-state index in [1.807, 2.05) is 19.1 Å². The third-order valence-corrected chi connectivity index (χ3v) is 2.55. The summed E-state index contributed by atoms with van der Waals surface area (Å²) < 4.78 is 5.56. The van der Waals surface area contributed by atoms with Gasteiger partial charge in [0.25, 0.3) is 0 Å². The quantitative estimate of drug-likeness (QED) is 0.561. The Balaban J connectivity index is 2.29. The summed E-state index contributed by atoms with van der Waals surface area (Å²) in [5.74, 6) is 1.62. The first-order valence-electron chi connectivity index (χ1n) is 6.64. The van der Waals surface area contributed by atoms with Crippen molar-refractivity contribution in [2.75, 3.05) is 19.7 Å². The van der Waals surface area contributed by atoms with Gasteiger partial charge in [-0.3, -0.25) is 0 Å². The van der Waals surface area contributed by atoms with Crippen molar-refractivity contribution < 1.29 is 4.74 Å². The van der Waals surface area contributed by atoms with Gasteiger partial charge in [-0.25, -0.2) is 0 Å². The van der Waals surface area contributed by atoms with Gasteiger partial charge in [-0.05, 0) is 55.6 Å². The average molecular weight is 247 g/mol. The van der Waals surface area contributed by atoms with Gasteiger partial charge in [-0.1, -0.05) is 32.6 Å². The van der Waals surface area contributed by atoms with E-state index in [1.54, 1.807) is 0 Å². The van der Waals surface area contributed by atoms with Crippen LogP contribution < -0.4 is 10.1 Å². The summed E-state index contributed by atoms with van der Waals surface area (Å²) in [4.78, 5) is 0. The SMILES string of the molecule is C=C(C)COc1ccc(CCNCC(C)C)cc1. The number of ether oxygens (including phenoxy) is 1. The van der Waals surface area contributed by atoms with Crippen LogP contribution in [0.2, 0.25) is 0 Å². The predicted molar refractivity (Wildman–Crippen MR) is 78.2 cm³/mol. The number of hydrogen-bond acceptors (Lipinski definition) is 2. The highest BCUT2D eigenvalue weighted by molar-refractivity contribution is 5.27. The van der Waals surface area contributed by atoms with Crippen molar-refractivity contribution in [3.05, 3.63) is 42.0 Å². The van der Waals surface area contributed by atoms with Gasteiger partial charge in [0.15, 0.2) is 0 Å². The molecule has 0 amide bonds. The Morgan fingerprint density at radius 2 is 1.94 bits per heavy atom. The van der Waals surface area contributed by atoms with E-state index in [1.165, 1.54) is 5.56 Å². The molecule has 0 heterocycles. The van der Waals surface area contributed by atoms with E-state index in [0.717, 1.165) is 30.8 Å². The highest BCUT2D eigenvalue weighted by Gasteiger charge is 1.97. The number of rotatable bonds is 8. The van der Waals surface area contributed by atoms with E-state index in [4.69, 9.17) is 4.74 Å². The summed E-state index contributed by atoms with van der Waals surface area (Å²) in [6.07, 6.45) is 1.06. The highest BCUT2D eigenvalue weighted by Crippen LogP contribution is 2.13. The van der Waals surface area contributed by atoms with Gasteiger partial charge in [0, 0.05) is 0 Å². The molecule has 0 aliphatic heterocycles. The van der Waals surface area contributed by atoms with Crippen LogP contribution in [0.25, 0.3) is 0 Å². The molecule has 0 aliphatic rings. The van der Waals surface area contributed by atoms with E-state index in [2.05, 4.69) is 37.9 Å². The Hall–Kier alpha value is -1.28. The fourth-order valence-electron chi connectivity index (χ4n) is 1.58. The molecule has 18 heavy (non-hydrogen) atoms. The molecule has 1 N–H and O–H groups in total. The average Bonchev–Trinajstić information content (AvgIpc) is 2.33. The fourth-order valence-corrected chi connectivity index (χ4v) is 1.58. The number of benzene rings is 1. The lowest BCUT2D eigenvalue weighted by Gasteiger charge is -2.08. The maximum Gasteiger partial charge on any atom is 0.119 e. The Morgan fingerprint density at radius 3 is 2.50 bits per heavy atom. The molecule has 0 fully saturated rings. The lowest BCUT2D eigenvalue weighted by atomic mass is 10.1. The first-order valence-corrected chi connectivity index (χ1v) is 6.64. The standard InChI is InChI=1S/C16H25NO/c1-13(2)11-17-10-9-15-5-7-16(8-6-15)18-12-14(3)4/h5-8,13,17H,3,9-12H2,1-2,4H3. The van der Waals surface area contributed by atoms with Crippen LogP contribution in [0.5, 0.6) is 5.75 Å². The van der Waals surface area contributed by atoms with Crippen molar-refractivity contribution in [1.82, 2.24) is 5.32 Å². The zero-order valence-corrected chi connectivity index (χ0v) is 11.8. The molecule has 0 bridgehead atoms. The number of nitrogens with one attached hydrogen (secondary N) is 1. The second kappa shape index (κ2) is 7.93. The van der Waals surface area contributed by atoms with Gasteiger partial charge >= 0.3 is 0 Å². The van der Waals surface area contributed by atoms with Crippen LogP contribution in [0.3, 0.4) is 0 Å². The normalized spacial score (nSPS) is 10.7. The van der Waals surface area contributed by atoms with Gasteiger partial charge in [-0.2, -0.15) is 0 Å². The van der Waals surface area contributed by atoms with Crippen molar-refractivity contribution in [3.8, 4) is 5.75 Å².